The molecule has 0 unspecified atom stereocenters. The molecule has 0 bridgehead atoms. The summed E-state index contributed by atoms with van der Waals surface area (Å²) in [5.74, 6) is 0.683. The van der Waals surface area contributed by atoms with Crippen LogP contribution in [0, 0.1) is 0 Å². The van der Waals surface area contributed by atoms with Crippen molar-refractivity contribution in [3.8, 4) is 5.88 Å². The lowest BCUT2D eigenvalue weighted by Gasteiger charge is -2.21. The Bertz CT molecular complexity index is 628. The molecule has 0 aliphatic carbocycles. The van der Waals surface area contributed by atoms with Gasteiger partial charge in [0.1, 0.15) is 0 Å². The first-order valence-electron chi connectivity index (χ1n) is 8.32. The van der Waals surface area contributed by atoms with Crippen LogP contribution in [0.25, 0.3) is 0 Å². The molecule has 2 heterocycles. The molecule has 5 nitrogen and oxygen atoms in total. The van der Waals surface area contributed by atoms with Gasteiger partial charge in [-0.25, -0.2) is 4.68 Å². The first kappa shape index (κ1) is 15.6. The molecule has 23 heavy (non-hydrogen) atoms. The van der Waals surface area contributed by atoms with E-state index in [0.717, 1.165) is 37.9 Å². The van der Waals surface area contributed by atoms with Gasteiger partial charge in [-0.15, -0.1) is 0 Å². The summed E-state index contributed by atoms with van der Waals surface area (Å²) in [5, 5.41) is 4.42. The number of carbonyl (C=O) groups is 1. The molecule has 2 aromatic rings. The van der Waals surface area contributed by atoms with E-state index in [0.29, 0.717) is 24.7 Å². The SMILES string of the molecule is CCCCN(Cc1ccccc1)C(=O)c1cc2n(n1)CCCO2. The Kier molecular flexibility index (Phi) is 4.95. The van der Waals surface area contributed by atoms with Gasteiger partial charge in [-0.2, -0.15) is 5.10 Å². The fourth-order valence-corrected chi connectivity index (χ4v) is 2.74. The summed E-state index contributed by atoms with van der Waals surface area (Å²) in [6.45, 7) is 5.00. The standard InChI is InChI=1S/C18H23N3O2/c1-2-3-10-20(14-15-8-5-4-6-9-15)18(22)16-13-17-21(19-16)11-7-12-23-17/h4-6,8-9,13H,2-3,7,10-12,14H2,1H3. The average Bonchev–Trinajstić information content (AvgIpc) is 3.03. The van der Waals surface area contributed by atoms with Gasteiger partial charge < -0.3 is 9.64 Å². The highest BCUT2D eigenvalue weighted by Crippen LogP contribution is 2.20. The molecule has 0 N–H and O–H groups in total. The monoisotopic (exact) mass is 313 g/mol. The summed E-state index contributed by atoms with van der Waals surface area (Å²) in [6.07, 6.45) is 2.98. The van der Waals surface area contributed by atoms with Gasteiger partial charge in [0.25, 0.3) is 5.91 Å². The molecule has 1 aromatic carbocycles. The summed E-state index contributed by atoms with van der Waals surface area (Å²) in [5.41, 5.74) is 1.62. The van der Waals surface area contributed by atoms with Crippen LogP contribution in [0.15, 0.2) is 36.4 Å². The topological polar surface area (TPSA) is 47.4 Å². The first-order chi connectivity index (χ1) is 11.3. The van der Waals surface area contributed by atoms with Crippen molar-refractivity contribution in [1.82, 2.24) is 14.7 Å². The molecule has 0 saturated heterocycles. The van der Waals surface area contributed by atoms with Crippen LogP contribution in [0.5, 0.6) is 5.88 Å². The zero-order valence-electron chi connectivity index (χ0n) is 13.6. The highest BCUT2D eigenvalue weighted by molar-refractivity contribution is 5.92. The number of unbranched alkanes of at least 4 members (excludes halogenated alkanes) is 1. The van der Waals surface area contributed by atoms with Gasteiger partial charge in [-0.3, -0.25) is 4.79 Å². The van der Waals surface area contributed by atoms with E-state index in [4.69, 9.17) is 4.74 Å². The molecular formula is C18H23N3O2. The molecule has 5 heteroatoms. The second kappa shape index (κ2) is 7.31. The van der Waals surface area contributed by atoms with Crippen LogP contribution < -0.4 is 4.74 Å². The Morgan fingerprint density at radius 3 is 2.91 bits per heavy atom. The molecule has 1 amide bonds. The number of nitrogens with zero attached hydrogens (tertiary/aromatic N) is 3. The molecule has 0 radical (unpaired) electrons. The van der Waals surface area contributed by atoms with Crippen molar-refractivity contribution in [3.63, 3.8) is 0 Å². The van der Waals surface area contributed by atoms with Crippen LogP contribution in [0.3, 0.4) is 0 Å². The first-order valence-corrected chi connectivity index (χ1v) is 8.32. The highest BCUT2D eigenvalue weighted by atomic mass is 16.5. The van der Waals surface area contributed by atoms with Crippen molar-refractivity contribution in [1.29, 1.82) is 0 Å². The third kappa shape index (κ3) is 3.73. The molecular weight excluding hydrogens is 290 g/mol. The van der Waals surface area contributed by atoms with Crippen LogP contribution in [0.1, 0.15) is 42.2 Å². The average molecular weight is 313 g/mol. The fraction of sp³-hybridized carbons (Fsp3) is 0.444. The van der Waals surface area contributed by atoms with Gasteiger partial charge >= 0.3 is 0 Å². The van der Waals surface area contributed by atoms with Crippen molar-refractivity contribution in [2.75, 3.05) is 13.2 Å². The molecule has 0 atom stereocenters. The number of fused-ring (bicyclic) bond motifs is 1. The van der Waals surface area contributed by atoms with E-state index in [1.54, 1.807) is 10.7 Å². The lowest BCUT2D eigenvalue weighted by atomic mass is 10.2. The van der Waals surface area contributed by atoms with Gasteiger partial charge in [0.15, 0.2) is 5.69 Å². The van der Waals surface area contributed by atoms with Gasteiger partial charge in [0.2, 0.25) is 5.88 Å². The van der Waals surface area contributed by atoms with E-state index >= 15 is 0 Å². The van der Waals surface area contributed by atoms with E-state index in [2.05, 4.69) is 12.0 Å². The van der Waals surface area contributed by atoms with E-state index in [1.807, 2.05) is 35.2 Å². The van der Waals surface area contributed by atoms with Crippen molar-refractivity contribution < 1.29 is 9.53 Å². The van der Waals surface area contributed by atoms with Crippen LogP contribution in [0.2, 0.25) is 0 Å². The second-order valence-corrected chi connectivity index (χ2v) is 5.86. The van der Waals surface area contributed by atoms with E-state index in [1.165, 1.54) is 0 Å². The summed E-state index contributed by atoms with van der Waals surface area (Å²) < 4.78 is 7.35. The number of hydrogen-bond acceptors (Lipinski definition) is 3. The molecule has 0 spiro atoms. The smallest absolute Gasteiger partial charge is 0.274 e. The summed E-state index contributed by atoms with van der Waals surface area (Å²) in [4.78, 5) is 14.7. The quantitative estimate of drug-likeness (QED) is 0.823. The van der Waals surface area contributed by atoms with Gasteiger partial charge in [-0.1, -0.05) is 43.7 Å². The normalized spacial score (nSPS) is 13.3. The number of aryl methyl sites for hydroxylation is 1. The third-order valence-corrected chi connectivity index (χ3v) is 4.01. The Morgan fingerprint density at radius 1 is 1.35 bits per heavy atom. The lowest BCUT2D eigenvalue weighted by Crippen LogP contribution is -2.32. The van der Waals surface area contributed by atoms with Crippen LogP contribution >= 0.6 is 0 Å². The number of rotatable bonds is 6. The van der Waals surface area contributed by atoms with Gasteiger partial charge in [0.05, 0.1) is 6.61 Å². The summed E-state index contributed by atoms with van der Waals surface area (Å²) >= 11 is 0. The molecule has 0 fully saturated rings. The van der Waals surface area contributed by atoms with Crippen LogP contribution in [-0.2, 0) is 13.1 Å². The number of hydrogen-bond donors (Lipinski definition) is 0. The third-order valence-electron chi connectivity index (χ3n) is 4.01. The van der Waals surface area contributed by atoms with Crippen molar-refractivity contribution >= 4 is 5.91 Å². The number of aromatic nitrogens is 2. The van der Waals surface area contributed by atoms with E-state index in [9.17, 15) is 4.79 Å². The van der Waals surface area contributed by atoms with E-state index < -0.39 is 0 Å². The largest absolute Gasteiger partial charge is 0.478 e. The van der Waals surface area contributed by atoms with Crippen molar-refractivity contribution in [2.24, 2.45) is 0 Å². The lowest BCUT2D eigenvalue weighted by molar-refractivity contribution is 0.0734. The van der Waals surface area contributed by atoms with Gasteiger partial charge in [0, 0.05) is 32.1 Å². The zero-order valence-corrected chi connectivity index (χ0v) is 13.6. The molecule has 1 aliphatic heterocycles. The predicted molar refractivity (Wildman–Crippen MR) is 88.4 cm³/mol. The van der Waals surface area contributed by atoms with Crippen LogP contribution in [-0.4, -0.2) is 33.7 Å². The molecule has 122 valence electrons. The minimum atomic E-state index is -0.0206. The zero-order chi connectivity index (χ0) is 16.1. The summed E-state index contributed by atoms with van der Waals surface area (Å²) in [7, 11) is 0. The Balaban J connectivity index is 1.77. The number of ether oxygens (including phenoxy) is 1. The summed E-state index contributed by atoms with van der Waals surface area (Å²) in [6, 6.07) is 11.9. The highest BCUT2D eigenvalue weighted by Gasteiger charge is 2.22. The maximum Gasteiger partial charge on any atom is 0.274 e. The Morgan fingerprint density at radius 2 is 2.17 bits per heavy atom. The number of benzene rings is 1. The fourth-order valence-electron chi connectivity index (χ4n) is 2.74. The van der Waals surface area contributed by atoms with E-state index in [-0.39, 0.29) is 5.91 Å². The maximum atomic E-state index is 12.9. The Labute approximate surface area is 136 Å². The number of carbonyl (C=O) groups excluding carboxylic acids is 1. The van der Waals surface area contributed by atoms with Crippen molar-refractivity contribution in [2.45, 2.75) is 39.3 Å². The van der Waals surface area contributed by atoms with Crippen LogP contribution in [0.4, 0.5) is 0 Å². The minimum absolute atomic E-state index is 0.0206. The number of amides is 1. The second-order valence-electron chi connectivity index (χ2n) is 5.86. The van der Waals surface area contributed by atoms with Gasteiger partial charge in [-0.05, 0) is 12.0 Å². The predicted octanol–water partition coefficient (Wildman–Crippen LogP) is 3.11. The molecule has 1 aliphatic rings. The molecule has 0 saturated carbocycles. The maximum absolute atomic E-state index is 12.9. The Hall–Kier alpha value is -2.30. The van der Waals surface area contributed by atoms with Crippen molar-refractivity contribution in [3.05, 3.63) is 47.7 Å². The molecule has 1 aromatic heterocycles. The molecule has 3 rings (SSSR count). The minimum Gasteiger partial charge on any atom is -0.478 e.